The Bertz CT molecular complexity index is 568. The predicted octanol–water partition coefficient (Wildman–Crippen LogP) is 2.68. The molecule has 2 aliphatic carbocycles. The van der Waals surface area contributed by atoms with Gasteiger partial charge in [-0.25, -0.2) is 4.79 Å². The number of benzene rings is 1. The first kappa shape index (κ1) is 13.6. The van der Waals surface area contributed by atoms with Gasteiger partial charge in [-0.3, -0.25) is 4.79 Å². The topological polar surface area (TPSA) is 66.4 Å². The van der Waals surface area contributed by atoms with E-state index in [0.29, 0.717) is 12.8 Å². The van der Waals surface area contributed by atoms with Crippen LogP contribution in [-0.2, 0) is 9.59 Å². The molecule has 1 aromatic carbocycles. The molecule has 5 heteroatoms. The summed E-state index contributed by atoms with van der Waals surface area (Å²) in [6, 6.07) is 7.94. The van der Waals surface area contributed by atoms with Gasteiger partial charge in [-0.05, 0) is 49.3 Å². The molecule has 0 radical (unpaired) electrons. The zero-order valence-corrected chi connectivity index (χ0v) is 12.5. The Morgan fingerprint density at radius 3 is 2.65 bits per heavy atom. The number of carbonyl (C=O) groups excluding carboxylic acids is 1. The number of rotatable bonds is 4. The Labute approximate surface area is 125 Å². The van der Waals surface area contributed by atoms with Gasteiger partial charge >= 0.3 is 5.97 Å². The van der Waals surface area contributed by atoms with Crippen LogP contribution in [0.5, 0.6) is 0 Å². The van der Waals surface area contributed by atoms with Gasteiger partial charge in [0, 0.05) is 10.4 Å². The molecule has 4 nitrogen and oxygen atoms in total. The van der Waals surface area contributed by atoms with E-state index in [2.05, 4.69) is 21.2 Å². The summed E-state index contributed by atoms with van der Waals surface area (Å²) in [5, 5.41) is 12.0. The molecule has 0 bridgehead atoms. The first-order valence-electron chi connectivity index (χ1n) is 6.83. The van der Waals surface area contributed by atoms with Crippen molar-refractivity contribution in [1.29, 1.82) is 0 Å². The van der Waals surface area contributed by atoms with Crippen LogP contribution in [0.1, 0.15) is 37.2 Å². The molecule has 3 rings (SSSR count). The molecule has 0 spiro atoms. The normalized spacial score (nSPS) is 26.4. The highest BCUT2D eigenvalue weighted by Crippen LogP contribution is 2.48. The number of aliphatic carboxylic acids is 1. The Kier molecular flexibility index (Phi) is 3.32. The van der Waals surface area contributed by atoms with E-state index in [1.165, 1.54) is 0 Å². The van der Waals surface area contributed by atoms with Gasteiger partial charge in [0.25, 0.3) is 0 Å². The lowest BCUT2D eigenvalue weighted by molar-refractivity contribution is -0.152. The lowest BCUT2D eigenvalue weighted by Gasteiger charge is -2.38. The van der Waals surface area contributed by atoms with Gasteiger partial charge in [0.05, 0.1) is 0 Å². The molecule has 106 valence electrons. The van der Waals surface area contributed by atoms with Crippen LogP contribution in [0, 0.1) is 5.92 Å². The molecule has 2 fully saturated rings. The second-order valence-electron chi connectivity index (χ2n) is 5.73. The fraction of sp³-hybridized carbons (Fsp3) is 0.467. The average Bonchev–Trinajstić information content (AvgIpc) is 3.13. The molecule has 1 amide bonds. The number of nitrogens with one attached hydrogen (secondary N) is 1. The average molecular weight is 338 g/mol. The zero-order valence-electron chi connectivity index (χ0n) is 10.9. The van der Waals surface area contributed by atoms with Gasteiger partial charge in [-0.15, -0.1) is 0 Å². The lowest BCUT2D eigenvalue weighted by Crippen LogP contribution is -2.59. The Hall–Kier alpha value is -1.36. The minimum atomic E-state index is -0.999. The van der Waals surface area contributed by atoms with Crippen molar-refractivity contribution in [1.82, 2.24) is 5.32 Å². The van der Waals surface area contributed by atoms with Crippen molar-refractivity contribution in [2.45, 2.75) is 37.1 Å². The summed E-state index contributed by atoms with van der Waals surface area (Å²) in [5.41, 5.74) is 0.138. The van der Waals surface area contributed by atoms with Crippen LogP contribution < -0.4 is 5.32 Å². The number of carbonyl (C=O) groups is 2. The van der Waals surface area contributed by atoms with Crippen molar-refractivity contribution >= 4 is 27.8 Å². The molecule has 2 N–H and O–H groups in total. The molecule has 0 aromatic heterocycles. The lowest BCUT2D eigenvalue weighted by atomic mass is 9.76. The van der Waals surface area contributed by atoms with Crippen LogP contribution in [0.2, 0.25) is 0 Å². The third-order valence-corrected chi connectivity index (χ3v) is 4.88. The smallest absolute Gasteiger partial charge is 0.329 e. The highest BCUT2D eigenvalue weighted by atomic mass is 79.9. The van der Waals surface area contributed by atoms with Crippen LogP contribution >= 0.6 is 15.9 Å². The molecule has 2 unspecified atom stereocenters. The second-order valence-corrected chi connectivity index (χ2v) is 6.65. The van der Waals surface area contributed by atoms with Crippen molar-refractivity contribution in [3.8, 4) is 0 Å². The molecule has 0 aliphatic heterocycles. The molecule has 2 saturated carbocycles. The third kappa shape index (κ3) is 2.35. The third-order valence-electron chi connectivity index (χ3n) is 4.38. The second kappa shape index (κ2) is 4.88. The fourth-order valence-electron chi connectivity index (χ4n) is 2.84. The molecule has 2 aliphatic rings. The standard InChI is InChI=1S/C15H16BrNO3/c16-10-4-1-3-9(7-10)11-8-12(11)13(18)17-15(14(19)20)5-2-6-15/h1,3-4,7,11-12H,2,5-6,8H2,(H,17,18)(H,19,20). The van der Waals surface area contributed by atoms with E-state index < -0.39 is 11.5 Å². The van der Waals surface area contributed by atoms with Gasteiger partial charge in [0.2, 0.25) is 5.91 Å². The molecule has 1 aromatic rings. The quantitative estimate of drug-likeness (QED) is 0.887. The van der Waals surface area contributed by atoms with E-state index in [1.807, 2.05) is 24.3 Å². The van der Waals surface area contributed by atoms with Crippen molar-refractivity contribution in [2.75, 3.05) is 0 Å². The Balaban J connectivity index is 1.64. The monoisotopic (exact) mass is 337 g/mol. The van der Waals surface area contributed by atoms with E-state index in [1.54, 1.807) is 0 Å². The van der Waals surface area contributed by atoms with Crippen molar-refractivity contribution in [3.05, 3.63) is 34.3 Å². The van der Waals surface area contributed by atoms with Crippen LogP contribution in [0.3, 0.4) is 0 Å². The summed E-state index contributed by atoms with van der Waals surface area (Å²) in [6.45, 7) is 0. The highest BCUT2D eigenvalue weighted by Gasteiger charge is 2.50. The fourth-order valence-corrected chi connectivity index (χ4v) is 3.26. The maximum atomic E-state index is 12.2. The molecule has 0 saturated heterocycles. The summed E-state index contributed by atoms with van der Waals surface area (Å²) < 4.78 is 1.00. The predicted molar refractivity (Wildman–Crippen MR) is 77.4 cm³/mol. The molecule has 2 atom stereocenters. The first-order chi connectivity index (χ1) is 9.52. The minimum Gasteiger partial charge on any atom is -0.480 e. The van der Waals surface area contributed by atoms with E-state index in [-0.39, 0.29) is 17.7 Å². The number of amides is 1. The van der Waals surface area contributed by atoms with Gasteiger partial charge in [0.15, 0.2) is 0 Å². The SMILES string of the molecule is O=C(NC1(C(=O)O)CCC1)C1CC1c1cccc(Br)c1. The summed E-state index contributed by atoms with van der Waals surface area (Å²) in [7, 11) is 0. The van der Waals surface area contributed by atoms with Crippen molar-refractivity contribution in [2.24, 2.45) is 5.92 Å². The molecule has 0 heterocycles. The van der Waals surface area contributed by atoms with Crippen LogP contribution in [0.15, 0.2) is 28.7 Å². The van der Waals surface area contributed by atoms with Crippen LogP contribution in [-0.4, -0.2) is 22.5 Å². The van der Waals surface area contributed by atoms with E-state index in [4.69, 9.17) is 0 Å². The number of hydrogen-bond acceptors (Lipinski definition) is 2. The van der Waals surface area contributed by atoms with E-state index in [9.17, 15) is 14.7 Å². The summed E-state index contributed by atoms with van der Waals surface area (Å²) >= 11 is 3.43. The molecular formula is C15H16BrNO3. The maximum Gasteiger partial charge on any atom is 0.329 e. The van der Waals surface area contributed by atoms with Gasteiger partial charge < -0.3 is 10.4 Å². The van der Waals surface area contributed by atoms with Crippen molar-refractivity contribution < 1.29 is 14.7 Å². The largest absolute Gasteiger partial charge is 0.480 e. The molecule has 20 heavy (non-hydrogen) atoms. The maximum absolute atomic E-state index is 12.2. The zero-order chi connectivity index (χ0) is 14.3. The van der Waals surface area contributed by atoms with Crippen LogP contribution in [0.25, 0.3) is 0 Å². The summed E-state index contributed by atoms with van der Waals surface area (Å²) in [4.78, 5) is 23.5. The summed E-state index contributed by atoms with van der Waals surface area (Å²) in [6.07, 6.45) is 2.76. The number of hydrogen-bond donors (Lipinski definition) is 2. The van der Waals surface area contributed by atoms with E-state index >= 15 is 0 Å². The van der Waals surface area contributed by atoms with Crippen molar-refractivity contribution in [3.63, 3.8) is 0 Å². The Morgan fingerprint density at radius 1 is 1.35 bits per heavy atom. The first-order valence-corrected chi connectivity index (χ1v) is 7.62. The van der Waals surface area contributed by atoms with E-state index in [0.717, 1.165) is 22.9 Å². The number of carboxylic acid groups (broad SMARTS) is 1. The van der Waals surface area contributed by atoms with Gasteiger partial charge in [0.1, 0.15) is 5.54 Å². The number of halogens is 1. The van der Waals surface area contributed by atoms with Gasteiger partial charge in [-0.1, -0.05) is 28.1 Å². The van der Waals surface area contributed by atoms with Crippen LogP contribution in [0.4, 0.5) is 0 Å². The molecular weight excluding hydrogens is 322 g/mol. The van der Waals surface area contributed by atoms with Gasteiger partial charge in [-0.2, -0.15) is 0 Å². The minimum absolute atomic E-state index is 0.0823. The number of carboxylic acids is 1. The Morgan fingerprint density at radius 2 is 2.10 bits per heavy atom. The highest BCUT2D eigenvalue weighted by molar-refractivity contribution is 9.10. The summed E-state index contributed by atoms with van der Waals surface area (Å²) in [5.74, 6) is -0.881.